The first kappa shape index (κ1) is 23.6. The third kappa shape index (κ3) is 4.72. The topological polar surface area (TPSA) is 51.7 Å². The van der Waals surface area contributed by atoms with E-state index < -0.39 is 0 Å². The zero-order valence-corrected chi connectivity index (χ0v) is 20.1. The van der Waals surface area contributed by atoms with Gasteiger partial charge >= 0.3 is 0 Å². The zero-order valence-electron chi connectivity index (χ0n) is 20.1. The molecule has 1 amide bonds. The number of rotatable bonds is 9. The van der Waals surface area contributed by atoms with Crippen LogP contribution in [0.3, 0.4) is 0 Å². The second kappa shape index (κ2) is 10.0. The number of amides is 1. The Morgan fingerprint density at radius 3 is 2.28 bits per heavy atom. The number of ether oxygens (including phenoxy) is 2. The summed E-state index contributed by atoms with van der Waals surface area (Å²) in [4.78, 5) is 19.4. The number of hydrogen-bond acceptors (Lipinski definition) is 4. The van der Waals surface area contributed by atoms with Gasteiger partial charge in [0.05, 0.1) is 31.6 Å². The van der Waals surface area contributed by atoms with E-state index in [1.54, 1.807) is 25.3 Å². The lowest BCUT2D eigenvalue weighted by molar-refractivity contribution is -0.117. The maximum atomic E-state index is 13.2. The van der Waals surface area contributed by atoms with Gasteiger partial charge in [-0.2, -0.15) is 0 Å². The van der Waals surface area contributed by atoms with Crippen LogP contribution in [-0.2, 0) is 10.2 Å². The van der Waals surface area contributed by atoms with Crippen LogP contribution in [0.15, 0.2) is 48.7 Å². The van der Waals surface area contributed by atoms with Gasteiger partial charge in [0.25, 0.3) is 0 Å². The van der Waals surface area contributed by atoms with Gasteiger partial charge in [0.15, 0.2) is 0 Å². The van der Waals surface area contributed by atoms with Crippen molar-refractivity contribution in [2.45, 2.75) is 58.8 Å². The van der Waals surface area contributed by atoms with E-state index in [1.165, 1.54) is 0 Å². The molecule has 0 aliphatic rings. The van der Waals surface area contributed by atoms with Crippen LogP contribution < -0.4 is 14.4 Å². The molecule has 0 fully saturated rings. The third-order valence-corrected chi connectivity index (χ3v) is 6.03. The van der Waals surface area contributed by atoms with Crippen LogP contribution >= 0.6 is 0 Å². The van der Waals surface area contributed by atoms with Crippen LogP contribution in [0.5, 0.6) is 11.5 Å². The predicted octanol–water partition coefficient (Wildman–Crippen LogP) is 6.79. The number of anilines is 2. The fourth-order valence-electron chi connectivity index (χ4n) is 4.01. The summed E-state index contributed by atoms with van der Waals surface area (Å²) in [6.45, 7) is 8.52. The van der Waals surface area contributed by atoms with Gasteiger partial charge in [0, 0.05) is 11.8 Å². The molecule has 1 heterocycles. The Bertz CT molecular complexity index is 1070. The molecule has 3 aromatic rings. The average molecular weight is 435 g/mol. The summed E-state index contributed by atoms with van der Waals surface area (Å²) in [5.41, 5.74) is 3.26. The molecule has 0 N–H and O–H groups in total. The Kier molecular flexibility index (Phi) is 7.39. The predicted molar refractivity (Wildman–Crippen MR) is 131 cm³/mol. The number of carbonyl (C=O) groups excluding carboxylic acids is 1. The summed E-state index contributed by atoms with van der Waals surface area (Å²) in [5.74, 6) is 1.16. The Hall–Kier alpha value is -3.08. The lowest BCUT2D eigenvalue weighted by Crippen LogP contribution is -2.27. The maximum Gasteiger partial charge on any atom is 0.231 e. The third-order valence-electron chi connectivity index (χ3n) is 6.03. The summed E-state index contributed by atoms with van der Waals surface area (Å²) < 4.78 is 11.6. The average Bonchev–Trinajstić information content (AvgIpc) is 2.82. The van der Waals surface area contributed by atoms with Gasteiger partial charge in [0.1, 0.15) is 17.2 Å². The first-order chi connectivity index (χ1) is 15.4. The van der Waals surface area contributed by atoms with Crippen molar-refractivity contribution in [3.63, 3.8) is 0 Å². The highest BCUT2D eigenvalue weighted by molar-refractivity contribution is 6.04. The molecule has 5 nitrogen and oxygen atoms in total. The van der Waals surface area contributed by atoms with Gasteiger partial charge in [-0.05, 0) is 41.7 Å². The van der Waals surface area contributed by atoms with Crippen molar-refractivity contribution in [2.75, 3.05) is 19.1 Å². The van der Waals surface area contributed by atoms with Gasteiger partial charge < -0.3 is 9.47 Å². The minimum atomic E-state index is -0.0586. The number of carbonyl (C=O) groups is 1. The molecule has 0 unspecified atom stereocenters. The molecule has 2 aromatic carbocycles. The van der Waals surface area contributed by atoms with Gasteiger partial charge in [-0.25, -0.2) is 0 Å². The lowest BCUT2D eigenvalue weighted by Gasteiger charge is -2.30. The minimum Gasteiger partial charge on any atom is -0.494 e. The molecule has 0 saturated carbocycles. The van der Waals surface area contributed by atoms with Gasteiger partial charge in [-0.1, -0.05) is 58.7 Å². The van der Waals surface area contributed by atoms with Crippen LogP contribution in [0.2, 0.25) is 0 Å². The largest absolute Gasteiger partial charge is 0.494 e. The minimum absolute atomic E-state index is 0.0425. The first-order valence-electron chi connectivity index (χ1n) is 11.3. The van der Waals surface area contributed by atoms with Crippen molar-refractivity contribution in [1.82, 2.24) is 4.98 Å². The second-order valence-corrected chi connectivity index (χ2v) is 8.69. The van der Waals surface area contributed by atoms with Crippen LogP contribution in [0.25, 0.3) is 10.9 Å². The molecule has 170 valence electrons. The van der Waals surface area contributed by atoms with E-state index in [9.17, 15) is 4.79 Å². The Balaban J connectivity index is 2.20. The first-order valence-corrected chi connectivity index (χ1v) is 11.3. The Labute approximate surface area is 191 Å². The molecule has 0 radical (unpaired) electrons. The number of nitrogens with zero attached hydrogens (tertiary/aromatic N) is 2. The van der Waals surface area contributed by atoms with E-state index in [1.807, 2.05) is 49.4 Å². The number of para-hydroxylation sites is 1. The summed E-state index contributed by atoms with van der Waals surface area (Å²) in [7, 11) is 3.27. The molecule has 1 aromatic heterocycles. The summed E-state index contributed by atoms with van der Waals surface area (Å²) in [5, 5.41) is 0.967. The van der Waals surface area contributed by atoms with E-state index in [2.05, 4.69) is 25.8 Å². The smallest absolute Gasteiger partial charge is 0.231 e. The fraction of sp³-hybridized carbons (Fsp3) is 0.407. The number of aromatic nitrogens is 1. The van der Waals surface area contributed by atoms with Crippen molar-refractivity contribution in [2.24, 2.45) is 0 Å². The molecule has 3 rings (SSSR count). The second-order valence-electron chi connectivity index (χ2n) is 8.69. The number of unbranched alkanes of at least 4 members (excludes halogenated alkanes) is 1. The van der Waals surface area contributed by atoms with Crippen molar-refractivity contribution < 1.29 is 14.3 Å². The van der Waals surface area contributed by atoms with E-state index in [4.69, 9.17) is 9.47 Å². The molecule has 0 saturated heterocycles. The Morgan fingerprint density at radius 1 is 1.03 bits per heavy atom. The van der Waals surface area contributed by atoms with E-state index in [0.717, 1.165) is 35.7 Å². The number of benzene rings is 2. The quantitative estimate of drug-likeness (QED) is 0.372. The van der Waals surface area contributed by atoms with Gasteiger partial charge in [-0.3, -0.25) is 14.7 Å². The molecule has 32 heavy (non-hydrogen) atoms. The number of hydrogen-bond donors (Lipinski definition) is 0. The van der Waals surface area contributed by atoms with Crippen LogP contribution in [0, 0.1) is 0 Å². The summed E-state index contributed by atoms with van der Waals surface area (Å²) >= 11 is 0. The van der Waals surface area contributed by atoms with E-state index in [0.29, 0.717) is 29.3 Å². The highest BCUT2D eigenvalue weighted by atomic mass is 16.5. The highest BCUT2D eigenvalue weighted by Crippen LogP contribution is 2.46. The molecule has 0 atom stereocenters. The molecule has 5 heteroatoms. The fourth-order valence-corrected chi connectivity index (χ4v) is 4.01. The number of pyridine rings is 1. The molecule has 0 aliphatic heterocycles. The summed E-state index contributed by atoms with van der Waals surface area (Å²) in [6, 6.07) is 13.9. The number of methoxy groups -OCH3 is 2. The lowest BCUT2D eigenvalue weighted by atomic mass is 9.80. The molecular formula is C27H34N2O3. The van der Waals surface area contributed by atoms with Crippen LogP contribution in [-0.4, -0.2) is 25.1 Å². The summed E-state index contributed by atoms with van der Waals surface area (Å²) in [6.07, 6.45) is 5.41. The van der Waals surface area contributed by atoms with Crippen LogP contribution in [0.1, 0.15) is 58.9 Å². The standard InChI is InChI=1S/C27H34N2O3/c1-7-9-14-27(3,4)20-16-23(31-5)26(24(17-20)32-6)29(25(30)8-2)21-15-19-12-10-11-13-22(19)28-18-21/h10-13,15-18H,7-9,14H2,1-6H3. The van der Waals surface area contributed by atoms with Crippen molar-refractivity contribution in [1.29, 1.82) is 0 Å². The van der Waals surface area contributed by atoms with Crippen molar-refractivity contribution in [3.8, 4) is 11.5 Å². The molecule has 0 bridgehead atoms. The van der Waals surface area contributed by atoms with E-state index in [-0.39, 0.29) is 11.3 Å². The SMILES string of the molecule is CCCCC(C)(C)c1cc(OC)c(N(C(=O)CC)c2cnc3ccccc3c2)c(OC)c1. The van der Waals surface area contributed by atoms with Crippen molar-refractivity contribution >= 4 is 28.2 Å². The monoisotopic (exact) mass is 434 g/mol. The number of fused-ring (bicyclic) bond motifs is 1. The van der Waals surface area contributed by atoms with Gasteiger partial charge in [-0.15, -0.1) is 0 Å². The molecule has 0 spiro atoms. The normalized spacial score (nSPS) is 11.4. The zero-order chi connectivity index (χ0) is 23.3. The molecular weight excluding hydrogens is 400 g/mol. The van der Waals surface area contributed by atoms with E-state index >= 15 is 0 Å². The molecule has 0 aliphatic carbocycles. The van der Waals surface area contributed by atoms with Crippen LogP contribution in [0.4, 0.5) is 11.4 Å². The maximum absolute atomic E-state index is 13.2. The highest BCUT2D eigenvalue weighted by Gasteiger charge is 2.29. The van der Waals surface area contributed by atoms with Crippen molar-refractivity contribution in [3.05, 3.63) is 54.2 Å². The van der Waals surface area contributed by atoms with Gasteiger partial charge in [0.2, 0.25) is 5.91 Å². The Morgan fingerprint density at radius 2 is 1.69 bits per heavy atom.